The predicted molar refractivity (Wildman–Crippen MR) is 46.6 cm³/mol. The van der Waals surface area contributed by atoms with Crippen molar-refractivity contribution in [3.8, 4) is 0 Å². The summed E-state index contributed by atoms with van der Waals surface area (Å²) in [6.45, 7) is 1.98. The molecule has 0 aliphatic rings. The molecule has 0 amide bonds. The summed E-state index contributed by atoms with van der Waals surface area (Å²) in [6, 6.07) is 1.67. The van der Waals surface area contributed by atoms with Crippen molar-refractivity contribution in [3.05, 3.63) is 40.7 Å². The molecule has 6 nitrogen and oxygen atoms in total. The molecule has 72 valence electrons. The van der Waals surface area contributed by atoms with E-state index in [4.69, 9.17) is 4.52 Å². The average molecular weight is 192 g/mol. The number of hydrogen-bond donors (Lipinski definition) is 0. The predicted octanol–water partition coefficient (Wildman–Crippen LogP) is -0.0170. The Kier molecular flexibility index (Phi) is 2.10. The molecule has 0 atom stereocenters. The minimum absolute atomic E-state index is 0.282. The van der Waals surface area contributed by atoms with Crippen molar-refractivity contribution in [2.75, 3.05) is 0 Å². The molecule has 6 heteroatoms. The highest BCUT2D eigenvalue weighted by Gasteiger charge is 2.03. The highest BCUT2D eigenvalue weighted by atomic mass is 16.5. The molecular formula is C8H8N4O2. The standard InChI is InChI=1S/C8H8N4O2/c1-6-10-7(11-14-6)5-12-4-2-3-9-8(12)13/h2-4H,5H2,1H3. The van der Waals surface area contributed by atoms with E-state index in [-0.39, 0.29) is 12.2 Å². The molecule has 0 fully saturated rings. The van der Waals surface area contributed by atoms with Gasteiger partial charge in [0, 0.05) is 19.3 Å². The maximum absolute atomic E-state index is 11.2. The van der Waals surface area contributed by atoms with Gasteiger partial charge >= 0.3 is 5.69 Å². The Labute approximate surface area is 79.2 Å². The quantitative estimate of drug-likeness (QED) is 0.668. The molecule has 14 heavy (non-hydrogen) atoms. The van der Waals surface area contributed by atoms with E-state index in [9.17, 15) is 4.79 Å². The van der Waals surface area contributed by atoms with E-state index in [1.54, 1.807) is 19.2 Å². The van der Waals surface area contributed by atoms with Gasteiger partial charge in [-0.1, -0.05) is 5.16 Å². The van der Waals surface area contributed by atoms with E-state index in [0.29, 0.717) is 11.7 Å². The maximum Gasteiger partial charge on any atom is 0.347 e. The van der Waals surface area contributed by atoms with Crippen molar-refractivity contribution >= 4 is 0 Å². The Morgan fingerprint density at radius 1 is 1.57 bits per heavy atom. The Morgan fingerprint density at radius 3 is 3.07 bits per heavy atom. The van der Waals surface area contributed by atoms with Gasteiger partial charge < -0.3 is 4.52 Å². The van der Waals surface area contributed by atoms with Crippen LogP contribution in [0.25, 0.3) is 0 Å². The van der Waals surface area contributed by atoms with E-state index in [0.717, 1.165) is 0 Å². The van der Waals surface area contributed by atoms with Gasteiger partial charge in [0.2, 0.25) is 5.89 Å². The van der Waals surface area contributed by atoms with Gasteiger partial charge in [-0.15, -0.1) is 0 Å². The molecule has 0 radical (unpaired) electrons. The summed E-state index contributed by atoms with van der Waals surface area (Å²) in [4.78, 5) is 18.8. The summed E-state index contributed by atoms with van der Waals surface area (Å²) in [7, 11) is 0. The SMILES string of the molecule is Cc1nc(Cn2cccnc2=O)no1. The number of aryl methyl sites for hydroxylation is 1. The van der Waals surface area contributed by atoms with Crippen LogP contribution in [0.2, 0.25) is 0 Å². The van der Waals surface area contributed by atoms with Gasteiger partial charge in [0.05, 0.1) is 6.54 Å². The summed E-state index contributed by atoms with van der Waals surface area (Å²) in [5.41, 5.74) is -0.324. The highest BCUT2D eigenvalue weighted by Crippen LogP contribution is 1.95. The lowest BCUT2D eigenvalue weighted by molar-refractivity contribution is 0.385. The molecule has 0 saturated heterocycles. The summed E-state index contributed by atoms with van der Waals surface area (Å²) < 4.78 is 6.19. The first-order valence-electron chi connectivity index (χ1n) is 4.06. The normalized spacial score (nSPS) is 10.4. The van der Waals surface area contributed by atoms with Crippen LogP contribution in [0.5, 0.6) is 0 Å². The van der Waals surface area contributed by atoms with Crippen LogP contribution in [-0.2, 0) is 6.54 Å². The zero-order valence-corrected chi connectivity index (χ0v) is 7.54. The molecule has 0 N–H and O–H groups in total. The number of rotatable bonds is 2. The minimum atomic E-state index is -0.324. The van der Waals surface area contributed by atoms with Crippen molar-refractivity contribution in [1.29, 1.82) is 0 Å². The van der Waals surface area contributed by atoms with E-state index in [1.807, 2.05) is 0 Å². The summed E-state index contributed by atoms with van der Waals surface area (Å²) in [5, 5.41) is 3.68. The fourth-order valence-corrected chi connectivity index (χ4v) is 1.07. The molecule has 0 spiro atoms. The van der Waals surface area contributed by atoms with E-state index in [2.05, 4.69) is 15.1 Å². The second-order valence-electron chi connectivity index (χ2n) is 2.76. The van der Waals surface area contributed by atoms with Crippen molar-refractivity contribution in [3.63, 3.8) is 0 Å². The van der Waals surface area contributed by atoms with Crippen molar-refractivity contribution in [2.24, 2.45) is 0 Å². The topological polar surface area (TPSA) is 73.8 Å². The Balaban J connectivity index is 2.27. The lowest BCUT2D eigenvalue weighted by Crippen LogP contribution is -2.22. The van der Waals surface area contributed by atoms with Crippen molar-refractivity contribution in [1.82, 2.24) is 19.7 Å². The minimum Gasteiger partial charge on any atom is -0.340 e. The lowest BCUT2D eigenvalue weighted by Gasteiger charge is -1.97. The Hall–Kier alpha value is -1.98. The van der Waals surface area contributed by atoms with E-state index >= 15 is 0 Å². The van der Waals surface area contributed by atoms with Crippen LogP contribution in [0.15, 0.2) is 27.8 Å². The van der Waals surface area contributed by atoms with Crippen LogP contribution < -0.4 is 5.69 Å². The molecule has 0 aliphatic heterocycles. The largest absolute Gasteiger partial charge is 0.347 e. The zero-order valence-electron chi connectivity index (χ0n) is 7.54. The van der Waals surface area contributed by atoms with Crippen molar-refractivity contribution < 1.29 is 4.52 Å². The van der Waals surface area contributed by atoms with Crippen LogP contribution in [0.4, 0.5) is 0 Å². The van der Waals surface area contributed by atoms with Gasteiger partial charge in [-0.2, -0.15) is 4.98 Å². The monoisotopic (exact) mass is 192 g/mol. The van der Waals surface area contributed by atoms with Gasteiger partial charge in [-0.25, -0.2) is 9.78 Å². The first kappa shape index (κ1) is 8.61. The summed E-state index contributed by atoms with van der Waals surface area (Å²) in [6.07, 6.45) is 3.07. The van der Waals surface area contributed by atoms with E-state index in [1.165, 1.54) is 10.8 Å². The third-order valence-electron chi connectivity index (χ3n) is 1.66. The average Bonchev–Trinajstić information content (AvgIpc) is 2.56. The maximum atomic E-state index is 11.2. The van der Waals surface area contributed by atoms with Gasteiger partial charge in [0.15, 0.2) is 5.82 Å². The second-order valence-corrected chi connectivity index (χ2v) is 2.76. The Morgan fingerprint density at radius 2 is 2.43 bits per heavy atom. The molecule has 2 rings (SSSR count). The molecule has 2 aromatic heterocycles. The van der Waals surface area contributed by atoms with Crippen LogP contribution >= 0.6 is 0 Å². The smallest absolute Gasteiger partial charge is 0.340 e. The second kappa shape index (κ2) is 3.41. The number of aromatic nitrogens is 4. The molecule has 2 aromatic rings. The molecule has 0 unspecified atom stereocenters. The van der Waals surface area contributed by atoms with Gasteiger partial charge in [-0.3, -0.25) is 4.57 Å². The lowest BCUT2D eigenvalue weighted by atomic mass is 10.5. The molecule has 0 aromatic carbocycles. The van der Waals surface area contributed by atoms with Crippen LogP contribution in [0, 0.1) is 6.92 Å². The first-order chi connectivity index (χ1) is 6.75. The van der Waals surface area contributed by atoms with Crippen LogP contribution in [0.3, 0.4) is 0 Å². The third kappa shape index (κ3) is 1.68. The highest BCUT2D eigenvalue weighted by molar-refractivity contribution is 4.89. The molecular weight excluding hydrogens is 184 g/mol. The third-order valence-corrected chi connectivity index (χ3v) is 1.66. The van der Waals surface area contributed by atoms with Crippen LogP contribution in [-0.4, -0.2) is 19.7 Å². The molecule has 0 saturated carbocycles. The van der Waals surface area contributed by atoms with Crippen LogP contribution in [0.1, 0.15) is 11.7 Å². The number of nitrogens with zero attached hydrogens (tertiary/aromatic N) is 4. The first-order valence-corrected chi connectivity index (χ1v) is 4.06. The molecule has 2 heterocycles. The summed E-state index contributed by atoms with van der Waals surface area (Å²) in [5.74, 6) is 0.953. The van der Waals surface area contributed by atoms with E-state index < -0.39 is 0 Å². The Bertz CT molecular complexity index is 488. The number of hydrogen-bond acceptors (Lipinski definition) is 5. The summed E-state index contributed by atoms with van der Waals surface area (Å²) >= 11 is 0. The molecule has 0 bridgehead atoms. The zero-order chi connectivity index (χ0) is 9.97. The van der Waals surface area contributed by atoms with Crippen molar-refractivity contribution in [2.45, 2.75) is 13.5 Å². The fourth-order valence-electron chi connectivity index (χ4n) is 1.07. The van der Waals surface area contributed by atoms with Gasteiger partial charge in [-0.05, 0) is 6.07 Å². The van der Waals surface area contributed by atoms with Gasteiger partial charge in [0.1, 0.15) is 0 Å². The van der Waals surface area contributed by atoms with Gasteiger partial charge in [0.25, 0.3) is 0 Å². The fraction of sp³-hybridized carbons (Fsp3) is 0.250. The molecule has 0 aliphatic carbocycles.